The van der Waals surface area contributed by atoms with Gasteiger partial charge in [-0.1, -0.05) is 0 Å². The van der Waals surface area contributed by atoms with Crippen LogP contribution in [0.5, 0.6) is 0 Å². The van der Waals surface area contributed by atoms with Gasteiger partial charge in [-0.15, -0.1) is 0 Å². The highest BCUT2D eigenvalue weighted by atomic mass is 16.8. The number of aromatic nitrogens is 3. The first-order valence-corrected chi connectivity index (χ1v) is 7.84. The fourth-order valence-corrected chi connectivity index (χ4v) is 3.29. The number of hydrogen-bond acceptors (Lipinski definition) is 6. The zero-order valence-electron chi connectivity index (χ0n) is 13.7. The second-order valence-corrected chi connectivity index (χ2v) is 6.76. The van der Waals surface area contributed by atoms with Crippen molar-refractivity contribution in [2.75, 3.05) is 6.61 Å². The first-order valence-electron chi connectivity index (χ1n) is 7.84. The van der Waals surface area contributed by atoms with Crippen LogP contribution in [0, 0.1) is 13.8 Å². The molecule has 0 amide bonds. The van der Waals surface area contributed by atoms with E-state index in [0.29, 0.717) is 0 Å². The van der Waals surface area contributed by atoms with Gasteiger partial charge >= 0.3 is 0 Å². The van der Waals surface area contributed by atoms with E-state index in [1.165, 1.54) is 11.1 Å². The highest BCUT2D eigenvalue weighted by Gasteiger charge is 2.56. The summed E-state index contributed by atoms with van der Waals surface area (Å²) in [7, 11) is 0. The topological polar surface area (TPSA) is 78.6 Å². The molecule has 1 N–H and O–H groups in total. The molecule has 124 valence electrons. The van der Waals surface area contributed by atoms with Gasteiger partial charge in [0.15, 0.2) is 12.0 Å². The second-order valence-electron chi connectivity index (χ2n) is 6.76. The Morgan fingerprint density at radius 3 is 2.22 bits per heavy atom. The quantitative estimate of drug-likeness (QED) is 0.903. The average molecular weight is 319 g/mol. The smallest absolute Gasteiger partial charge is 0.198 e. The molecule has 2 fully saturated rings. The molecule has 3 heterocycles. The summed E-state index contributed by atoms with van der Waals surface area (Å²) in [6.45, 7) is 7.69. The van der Waals surface area contributed by atoms with Gasteiger partial charge in [0.2, 0.25) is 0 Å². The van der Waals surface area contributed by atoms with Crippen molar-refractivity contribution in [3.05, 3.63) is 23.3 Å². The third kappa shape index (κ3) is 2.35. The van der Waals surface area contributed by atoms with Crippen molar-refractivity contribution in [2.45, 2.75) is 58.0 Å². The lowest BCUT2D eigenvalue weighted by atomic mass is 10.1. The maximum Gasteiger partial charge on any atom is 0.198 e. The minimum atomic E-state index is -0.704. The molecule has 0 saturated carbocycles. The number of fused-ring (bicyclic) bond motifs is 2. The maximum atomic E-state index is 9.55. The van der Waals surface area contributed by atoms with Gasteiger partial charge in [0.25, 0.3) is 0 Å². The predicted molar refractivity (Wildman–Crippen MR) is 81.8 cm³/mol. The average Bonchev–Trinajstić information content (AvgIpc) is 3.09. The maximum absolute atomic E-state index is 9.55. The molecule has 2 aromatic rings. The van der Waals surface area contributed by atoms with Crippen LogP contribution in [0.2, 0.25) is 0 Å². The van der Waals surface area contributed by atoms with Crippen molar-refractivity contribution >= 4 is 11.0 Å². The monoisotopic (exact) mass is 319 g/mol. The van der Waals surface area contributed by atoms with Gasteiger partial charge in [-0.05, 0) is 51.0 Å². The van der Waals surface area contributed by atoms with E-state index < -0.39 is 18.1 Å². The van der Waals surface area contributed by atoms with Gasteiger partial charge in [-0.3, -0.25) is 0 Å². The zero-order chi connectivity index (χ0) is 16.4. The Bertz CT molecular complexity index is 718. The molecule has 7 nitrogen and oxygen atoms in total. The molecule has 1 aromatic carbocycles. The Balaban J connectivity index is 1.72. The lowest BCUT2D eigenvalue weighted by molar-refractivity contribution is -0.203. The summed E-state index contributed by atoms with van der Waals surface area (Å²) < 4.78 is 17.7. The summed E-state index contributed by atoms with van der Waals surface area (Å²) in [5.41, 5.74) is 3.98. The molecule has 2 aliphatic rings. The van der Waals surface area contributed by atoms with Crippen LogP contribution in [0.3, 0.4) is 0 Å². The Morgan fingerprint density at radius 2 is 1.65 bits per heavy atom. The van der Waals surface area contributed by atoms with Crippen molar-refractivity contribution < 1.29 is 19.3 Å². The highest BCUT2D eigenvalue weighted by molar-refractivity contribution is 5.75. The molecule has 23 heavy (non-hydrogen) atoms. The first kappa shape index (κ1) is 15.0. The van der Waals surface area contributed by atoms with Crippen molar-refractivity contribution in [2.24, 2.45) is 0 Å². The van der Waals surface area contributed by atoms with Crippen molar-refractivity contribution in [3.63, 3.8) is 0 Å². The van der Waals surface area contributed by atoms with Crippen LogP contribution >= 0.6 is 0 Å². The number of nitrogens with zero attached hydrogens (tertiary/aromatic N) is 3. The fourth-order valence-electron chi connectivity index (χ4n) is 3.29. The second kappa shape index (κ2) is 4.98. The Kier molecular flexibility index (Phi) is 3.25. The molecule has 0 radical (unpaired) electrons. The van der Waals surface area contributed by atoms with Gasteiger partial charge in [0, 0.05) is 0 Å². The van der Waals surface area contributed by atoms with Crippen LogP contribution in [0.1, 0.15) is 31.2 Å². The van der Waals surface area contributed by atoms with E-state index in [2.05, 4.69) is 10.2 Å². The molecular formula is C16H21N3O4. The number of aryl methyl sites for hydroxylation is 2. The third-order valence-corrected chi connectivity index (χ3v) is 4.54. The number of ether oxygens (including phenoxy) is 3. The van der Waals surface area contributed by atoms with Gasteiger partial charge < -0.3 is 19.3 Å². The fraction of sp³-hybridized carbons (Fsp3) is 0.625. The largest absolute Gasteiger partial charge is 0.394 e. The lowest BCUT2D eigenvalue weighted by Crippen LogP contribution is -2.31. The number of hydrogen-bond donors (Lipinski definition) is 1. The summed E-state index contributed by atoms with van der Waals surface area (Å²) in [6.07, 6.45) is -1.61. The number of aliphatic hydroxyl groups excluding tert-OH is 1. The van der Waals surface area contributed by atoms with Crippen molar-refractivity contribution in [1.82, 2.24) is 15.0 Å². The van der Waals surface area contributed by atoms with Crippen LogP contribution in [-0.2, 0) is 14.2 Å². The first-order chi connectivity index (χ1) is 10.9. The van der Waals surface area contributed by atoms with Gasteiger partial charge in [-0.2, -0.15) is 15.0 Å². The van der Waals surface area contributed by atoms with E-state index in [9.17, 15) is 5.11 Å². The Labute approximate surface area is 134 Å². The van der Waals surface area contributed by atoms with Crippen LogP contribution in [0.4, 0.5) is 0 Å². The van der Waals surface area contributed by atoms with Crippen molar-refractivity contribution in [3.8, 4) is 0 Å². The number of aliphatic hydroxyl groups is 1. The van der Waals surface area contributed by atoms with Crippen LogP contribution < -0.4 is 0 Å². The summed E-state index contributed by atoms with van der Waals surface area (Å²) in [4.78, 5) is 1.54. The standard InChI is InChI=1S/C16H21N3O4/c1-8-5-10-11(6-9(8)2)18-19(17-10)15-14-13(12(7-20)21-15)22-16(3,4)23-14/h5-6,12-15,20H,7H2,1-4H3/t12-,13-,14-,15-/m1/s1. The van der Waals surface area contributed by atoms with E-state index in [0.717, 1.165) is 11.0 Å². The molecule has 2 aliphatic heterocycles. The van der Waals surface area contributed by atoms with E-state index in [-0.39, 0.29) is 18.8 Å². The van der Waals surface area contributed by atoms with E-state index in [1.54, 1.807) is 4.80 Å². The van der Waals surface area contributed by atoms with Crippen molar-refractivity contribution in [1.29, 1.82) is 0 Å². The summed E-state index contributed by atoms with van der Waals surface area (Å²) in [5.74, 6) is -0.704. The molecule has 0 spiro atoms. The molecule has 2 saturated heterocycles. The van der Waals surface area contributed by atoms with Gasteiger partial charge in [-0.25, -0.2) is 0 Å². The van der Waals surface area contributed by atoms with Crippen LogP contribution in [0.15, 0.2) is 12.1 Å². The summed E-state index contributed by atoms with van der Waals surface area (Å²) >= 11 is 0. The van der Waals surface area contributed by atoms with Crippen LogP contribution in [0.25, 0.3) is 11.0 Å². The SMILES string of the molecule is Cc1cc2nn([C@@H]3O[C@H](CO)[C@H]4OC(C)(C)O[C@H]43)nc2cc1C. The van der Waals surface area contributed by atoms with Gasteiger partial charge in [0.05, 0.1) is 6.61 Å². The molecule has 0 aliphatic carbocycles. The molecule has 4 atom stereocenters. The minimum absolute atomic E-state index is 0.129. The highest BCUT2D eigenvalue weighted by Crippen LogP contribution is 2.42. The number of benzene rings is 1. The molecule has 7 heteroatoms. The van der Waals surface area contributed by atoms with Crippen LogP contribution in [-0.4, -0.2) is 50.8 Å². The van der Waals surface area contributed by atoms with E-state index >= 15 is 0 Å². The lowest BCUT2D eigenvalue weighted by Gasteiger charge is -2.23. The molecule has 0 unspecified atom stereocenters. The molecule has 1 aromatic heterocycles. The molecule has 4 rings (SSSR count). The normalized spacial score (nSPS) is 32.6. The van der Waals surface area contributed by atoms with E-state index in [4.69, 9.17) is 14.2 Å². The molecular weight excluding hydrogens is 298 g/mol. The summed E-state index contributed by atoms with van der Waals surface area (Å²) in [5, 5.41) is 18.6. The van der Waals surface area contributed by atoms with E-state index in [1.807, 2.05) is 39.8 Å². The van der Waals surface area contributed by atoms with Gasteiger partial charge in [0.1, 0.15) is 29.3 Å². The molecule has 0 bridgehead atoms. The minimum Gasteiger partial charge on any atom is -0.394 e. The Morgan fingerprint density at radius 1 is 1.09 bits per heavy atom. The zero-order valence-corrected chi connectivity index (χ0v) is 13.7. The number of rotatable bonds is 2. The predicted octanol–water partition coefficient (Wildman–Crippen LogP) is 1.46. The summed E-state index contributed by atoms with van der Waals surface area (Å²) in [6, 6.07) is 4.03. The third-order valence-electron chi connectivity index (χ3n) is 4.54. The Hall–Kier alpha value is -1.54.